The molecule has 1 amide bonds. The Balaban J connectivity index is 1.44. The highest BCUT2D eigenvalue weighted by atomic mass is 16.5. The van der Waals surface area contributed by atoms with Crippen molar-refractivity contribution in [2.24, 2.45) is 0 Å². The Bertz CT molecular complexity index is 679. The molecule has 126 valence electrons. The van der Waals surface area contributed by atoms with E-state index in [4.69, 9.17) is 4.74 Å². The summed E-state index contributed by atoms with van der Waals surface area (Å²) in [5.41, 5.74) is 2.10. The van der Waals surface area contributed by atoms with Gasteiger partial charge in [-0.05, 0) is 49.1 Å². The number of carbonyl (C=O) groups excluding carboxylic acids is 1. The van der Waals surface area contributed by atoms with E-state index in [2.05, 4.69) is 15.2 Å². The molecule has 1 N–H and O–H groups in total. The van der Waals surface area contributed by atoms with Crippen LogP contribution in [0, 0.1) is 6.92 Å². The topological polar surface area (TPSA) is 54.5 Å². The van der Waals surface area contributed by atoms with E-state index in [1.165, 1.54) is 12.8 Å². The largest absolute Gasteiger partial charge is 0.484 e. The molecule has 5 heteroatoms. The maximum atomic E-state index is 11.9. The number of carbonyl (C=O) groups is 1. The molecule has 1 aliphatic heterocycles. The van der Waals surface area contributed by atoms with Crippen LogP contribution in [-0.2, 0) is 11.3 Å². The van der Waals surface area contributed by atoms with Crippen molar-refractivity contribution in [3.63, 3.8) is 0 Å². The molecule has 0 radical (unpaired) electrons. The van der Waals surface area contributed by atoms with E-state index in [-0.39, 0.29) is 12.5 Å². The first-order valence-corrected chi connectivity index (χ1v) is 8.37. The minimum Gasteiger partial charge on any atom is -0.484 e. The summed E-state index contributed by atoms with van der Waals surface area (Å²) in [5.74, 6) is 1.59. The van der Waals surface area contributed by atoms with Crippen molar-refractivity contribution in [1.29, 1.82) is 0 Å². The van der Waals surface area contributed by atoms with Crippen molar-refractivity contribution < 1.29 is 9.53 Å². The molecular weight excluding hydrogens is 302 g/mol. The van der Waals surface area contributed by atoms with Crippen LogP contribution in [-0.4, -0.2) is 30.6 Å². The van der Waals surface area contributed by atoms with Gasteiger partial charge in [0.1, 0.15) is 11.6 Å². The van der Waals surface area contributed by atoms with Gasteiger partial charge in [-0.15, -0.1) is 0 Å². The van der Waals surface area contributed by atoms with Gasteiger partial charge in [-0.1, -0.05) is 18.2 Å². The van der Waals surface area contributed by atoms with Crippen LogP contribution in [0.3, 0.4) is 0 Å². The van der Waals surface area contributed by atoms with Crippen LogP contribution in [0.15, 0.2) is 42.6 Å². The predicted octanol–water partition coefficient (Wildman–Crippen LogP) is 2.69. The fourth-order valence-electron chi connectivity index (χ4n) is 2.76. The maximum Gasteiger partial charge on any atom is 0.258 e. The standard InChI is InChI=1S/C19H23N3O2/c1-15-5-4-6-17(11-15)24-14-19(23)21-13-16-7-8-18(20-12-16)22-9-2-3-10-22/h4-8,11-12H,2-3,9-10,13-14H2,1H3,(H,21,23). The van der Waals surface area contributed by atoms with Gasteiger partial charge in [-0.25, -0.2) is 4.98 Å². The van der Waals surface area contributed by atoms with Gasteiger partial charge < -0.3 is 15.0 Å². The van der Waals surface area contributed by atoms with Crippen molar-refractivity contribution in [3.8, 4) is 5.75 Å². The van der Waals surface area contributed by atoms with Crippen LogP contribution in [0.4, 0.5) is 5.82 Å². The van der Waals surface area contributed by atoms with E-state index < -0.39 is 0 Å². The maximum absolute atomic E-state index is 11.9. The number of pyridine rings is 1. The lowest BCUT2D eigenvalue weighted by molar-refractivity contribution is -0.123. The fraction of sp³-hybridized carbons (Fsp3) is 0.368. The highest BCUT2D eigenvalue weighted by Gasteiger charge is 2.13. The first-order valence-electron chi connectivity index (χ1n) is 8.37. The Morgan fingerprint density at radius 1 is 1.25 bits per heavy atom. The lowest BCUT2D eigenvalue weighted by Crippen LogP contribution is -2.28. The number of hydrogen-bond acceptors (Lipinski definition) is 4. The molecule has 5 nitrogen and oxygen atoms in total. The van der Waals surface area contributed by atoms with Gasteiger partial charge >= 0.3 is 0 Å². The summed E-state index contributed by atoms with van der Waals surface area (Å²) in [4.78, 5) is 18.7. The molecule has 3 rings (SSSR count). The van der Waals surface area contributed by atoms with E-state index in [9.17, 15) is 4.79 Å². The fourth-order valence-corrected chi connectivity index (χ4v) is 2.76. The van der Waals surface area contributed by atoms with Gasteiger partial charge in [0.05, 0.1) is 0 Å². The predicted molar refractivity (Wildman–Crippen MR) is 94.2 cm³/mol. The summed E-state index contributed by atoms with van der Waals surface area (Å²) in [6.07, 6.45) is 4.30. The Labute approximate surface area is 142 Å². The Morgan fingerprint density at radius 3 is 2.79 bits per heavy atom. The first-order chi connectivity index (χ1) is 11.7. The number of hydrogen-bond donors (Lipinski definition) is 1. The molecule has 1 aromatic heterocycles. The second kappa shape index (κ2) is 7.81. The van der Waals surface area contributed by atoms with Crippen LogP contribution in [0.25, 0.3) is 0 Å². The zero-order chi connectivity index (χ0) is 16.8. The summed E-state index contributed by atoms with van der Waals surface area (Å²) >= 11 is 0. The molecule has 0 atom stereocenters. The van der Waals surface area contributed by atoms with Gasteiger partial charge in [-0.2, -0.15) is 0 Å². The van der Waals surface area contributed by atoms with E-state index in [1.807, 2.05) is 49.5 Å². The number of nitrogens with zero attached hydrogens (tertiary/aromatic N) is 2. The molecule has 0 unspecified atom stereocenters. The minimum atomic E-state index is -0.139. The lowest BCUT2D eigenvalue weighted by atomic mass is 10.2. The van der Waals surface area contributed by atoms with Crippen LogP contribution >= 0.6 is 0 Å². The lowest BCUT2D eigenvalue weighted by Gasteiger charge is -2.16. The van der Waals surface area contributed by atoms with E-state index >= 15 is 0 Å². The van der Waals surface area contributed by atoms with E-state index in [0.717, 1.165) is 30.0 Å². The highest BCUT2D eigenvalue weighted by molar-refractivity contribution is 5.77. The summed E-state index contributed by atoms with van der Waals surface area (Å²) < 4.78 is 5.49. The zero-order valence-electron chi connectivity index (χ0n) is 14.0. The van der Waals surface area contributed by atoms with Gasteiger partial charge in [0.15, 0.2) is 6.61 Å². The van der Waals surface area contributed by atoms with Crippen LogP contribution < -0.4 is 15.0 Å². The number of amides is 1. The molecular formula is C19H23N3O2. The van der Waals surface area contributed by atoms with Crippen molar-refractivity contribution in [3.05, 3.63) is 53.7 Å². The number of aromatic nitrogens is 1. The average molecular weight is 325 g/mol. The van der Waals surface area contributed by atoms with Crippen molar-refractivity contribution in [1.82, 2.24) is 10.3 Å². The minimum absolute atomic E-state index is 0.0166. The Hall–Kier alpha value is -2.56. The molecule has 2 heterocycles. The summed E-state index contributed by atoms with van der Waals surface area (Å²) in [6.45, 7) is 4.64. The van der Waals surface area contributed by atoms with Gasteiger partial charge in [0.25, 0.3) is 5.91 Å². The number of nitrogens with one attached hydrogen (secondary N) is 1. The quantitative estimate of drug-likeness (QED) is 0.887. The van der Waals surface area contributed by atoms with Gasteiger partial charge in [-0.3, -0.25) is 4.79 Å². The van der Waals surface area contributed by atoms with E-state index in [1.54, 1.807) is 0 Å². The second-order valence-corrected chi connectivity index (χ2v) is 6.10. The third-order valence-corrected chi connectivity index (χ3v) is 4.09. The average Bonchev–Trinajstić information content (AvgIpc) is 3.13. The molecule has 1 aromatic carbocycles. The van der Waals surface area contributed by atoms with Crippen LogP contribution in [0.5, 0.6) is 5.75 Å². The molecule has 0 bridgehead atoms. The Morgan fingerprint density at radius 2 is 2.08 bits per heavy atom. The normalized spacial score (nSPS) is 13.8. The number of aryl methyl sites for hydroxylation is 1. The van der Waals surface area contributed by atoms with Gasteiger partial charge in [0, 0.05) is 25.8 Å². The molecule has 0 saturated carbocycles. The second-order valence-electron chi connectivity index (χ2n) is 6.10. The van der Waals surface area contributed by atoms with Crippen molar-refractivity contribution >= 4 is 11.7 Å². The molecule has 1 fully saturated rings. The number of ether oxygens (including phenoxy) is 1. The molecule has 24 heavy (non-hydrogen) atoms. The number of anilines is 1. The van der Waals surface area contributed by atoms with Crippen LogP contribution in [0.1, 0.15) is 24.0 Å². The van der Waals surface area contributed by atoms with Crippen LogP contribution in [0.2, 0.25) is 0 Å². The molecule has 2 aromatic rings. The molecule has 1 aliphatic rings. The third kappa shape index (κ3) is 4.47. The summed E-state index contributed by atoms with van der Waals surface area (Å²) in [7, 11) is 0. The third-order valence-electron chi connectivity index (χ3n) is 4.09. The number of rotatable bonds is 6. The van der Waals surface area contributed by atoms with Crippen molar-refractivity contribution in [2.45, 2.75) is 26.3 Å². The molecule has 1 saturated heterocycles. The number of benzene rings is 1. The SMILES string of the molecule is Cc1cccc(OCC(=O)NCc2ccc(N3CCCC3)nc2)c1. The Kier molecular flexibility index (Phi) is 5.31. The summed E-state index contributed by atoms with van der Waals surface area (Å²) in [5, 5.41) is 2.86. The highest BCUT2D eigenvalue weighted by Crippen LogP contribution is 2.17. The first kappa shape index (κ1) is 16.3. The monoisotopic (exact) mass is 325 g/mol. The van der Waals surface area contributed by atoms with Gasteiger partial charge in [0.2, 0.25) is 0 Å². The zero-order valence-corrected chi connectivity index (χ0v) is 14.0. The molecule has 0 aliphatic carbocycles. The van der Waals surface area contributed by atoms with E-state index in [0.29, 0.717) is 12.3 Å². The van der Waals surface area contributed by atoms with Crippen molar-refractivity contribution in [2.75, 3.05) is 24.6 Å². The summed E-state index contributed by atoms with van der Waals surface area (Å²) in [6, 6.07) is 11.7. The molecule has 0 spiro atoms. The smallest absolute Gasteiger partial charge is 0.258 e.